The van der Waals surface area contributed by atoms with Crippen molar-refractivity contribution < 1.29 is 8.42 Å². The molecule has 2 aromatic carbocycles. The molecule has 0 atom stereocenters. The lowest BCUT2D eigenvalue weighted by Crippen LogP contribution is -2.14. The van der Waals surface area contributed by atoms with Gasteiger partial charge in [0.1, 0.15) is 0 Å². The number of H-pyrrole nitrogens is 1. The molecule has 0 fully saturated rings. The van der Waals surface area contributed by atoms with E-state index < -0.39 is 10.0 Å². The summed E-state index contributed by atoms with van der Waals surface area (Å²) >= 11 is 0. The van der Waals surface area contributed by atoms with E-state index in [1.807, 2.05) is 13.0 Å². The van der Waals surface area contributed by atoms with Crippen molar-refractivity contribution in [3.8, 4) is 11.4 Å². The number of tetrazole rings is 1. The zero-order chi connectivity index (χ0) is 16.4. The molecule has 0 saturated carbocycles. The lowest BCUT2D eigenvalue weighted by Gasteiger charge is -2.11. The molecule has 23 heavy (non-hydrogen) atoms. The van der Waals surface area contributed by atoms with Crippen molar-refractivity contribution in [3.05, 3.63) is 53.6 Å². The van der Waals surface area contributed by atoms with Gasteiger partial charge in [0.2, 0.25) is 5.82 Å². The summed E-state index contributed by atoms with van der Waals surface area (Å²) in [5.41, 5.74) is 2.94. The first-order valence-corrected chi connectivity index (χ1v) is 8.38. The number of benzene rings is 2. The van der Waals surface area contributed by atoms with Gasteiger partial charge >= 0.3 is 0 Å². The van der Waals surface area contributed by atoms with Gasteiger partial charge in [-0.1, -0.05) is 17.7 Å². The molecule has 8 heteroatoms. The molecule has 1 aromatic heterocycles. The van der Waals surface area contributed by atoms with E-state index >= 15 is 0 Å². The van der Waals surface area contributed by atoms with Gasteiger partial charge in [0.25, 0.3) is 10.0 Å². The van der Waals surface area contributed by atoms with Gasteiger partial charge < -0.3 is 0 Å². The van der Waals surface area contributed by atoms with Crippen LogP contribution in [0.1, 0.15) is 11.1 Å². The average molecular weight is 329 g/mol. The Hall–Kier alpha value is -2.74. The van der Waals surface area contributed by atoms with Crippen molar-refractivity contribution >= 4 is 15.7 Å². The molecule has 118 valence electrons. The largest absolute Gasteiger partial charge is 0.280 e. The minimum Gasteiger partial charge on any atom is -0.280 e. The van der Waals surface area contributed by atoms with Crippen LogP contribution in [0.2, 0.25) is 0 Å². The van der Waals surface area contributed by atoms with E-state index in [0.717, 1.165) is 11.1 Å². The van der Waals surface area contributed by atoms with Crippen molar-refractivity contribution in [1.29, 1.82) is 0 Å². The van der Waals surface area contributed by atoms with Crippen molar-refractivity contribution in [3.63, 3.8) is 0 Å². The predicted octanol–water partition coefficient (Wildman–Crippen LogP) is 2.28. The second kappa shape index (κ2) is 5.81. The lowest BCUT2D eigenvalue weighted by atomic mass is 10.2. The van der Waals surface area contributed by atoms with Crippen LogP contribution in [-0.4, -0.2) is 29.0 Å². The van der Waals surface area contributed by atoms with Gasteiger partial charge in [-0.25, -0.2) is 8.42 Å². The number of hydrogen-bond acceptors (Lipinski definition) is 5. The number of anilines is 1. The molecule has 0 spiro atoms. The van der Waals surface area contributed by atoms with Crippen molar-refractivity contribution in [2.75, 3.05) is 4.72 Å². The molecule has 2 N–H and O–H groups in total. The molecule has 0 saturated heterocycles. The Bertz CT molecular complexity index is 919. The van der Waals surface area contributed by atoms with E-state index in [1.54, 1.807) is 43.3 Å². The molecule has 3 aromatic rings. The Morgan fingerprint density at radius 2 is 1.78 bits per heavy atom. The monoisotopic (exact) mass is 329 g/mol. The van der Waals surface area contributed by atoms with Crippen LogP contribution in [0, 0.1) is 13.8 Å². The Balaban J connectivity index is 1.86. The quantitative estimate of drug-likeness (QED) is 0.765. The maximum absolute atomic E-state index is 12.5. The molecule has 0 aliphatic carbocycles. The Labute approximate surface area is 133 Å². The summed E-state index contributed by atoms with van der Waals surface area (Å²) in [6.07, 6.45) is 0. The number of sulfonamides is 1. The van der Waals surface area contributed by atoms with Crippen molar-refractivity contribution in [2.45, 2.75) is 18.7 Å². The summed E-state index contributed by atoms with van der Waals surface area (Å²) in [6, 6.07) is 12.0. The summed E-state index contributed by atoms with van der Waals surface area (Å²) in [7, 11) is -3.63. The molecule has 7 nitrogen and oxygen atoms in total. The smallest absolute Gasteiger partial charge is 0.262 e. The van der Waals surface area contributed by atoms with Crippen LogP contribution >= 0.6 is 0 Å². The molecular weight excluding hydrogens is 314 g/mol. The molecule has 0 unspecified atom stereocenters. The third kappa shape index (κ3) is 3.21. The number of rotatable bonds is 4. The maximum atomic E-state index is 12.5. The second-order valence-corrected chi connectivity index (χ2v) is 6.84. The van der Waals surface area contributed by atoms with Crippen LogP contribution in [0.5, 0.6) is 0 Å². The first-order valence-electron chi connectivity index (χ1n) is 6.90. The zero-order valence-corrected chi connectivity index (χ0v) is 13.4. The van der Waals surface area contributed by atoms with E-state index in [1.165, 1.54) is 0 Å². The summed E-state index contributed by atoms with van der Waals surface area (Å²) < 4.78 is 27.6. The second-order valence-electron chi connectivity index (χ2n) is 5.19. The Morgan fingerprint density at radius 3 is 2.39 bits per heavy atom. The molecule has 0 bridgehead atoms. The van der Waals surface area contributed by atoms with Gasteiger partial charge in [0.15, 0.2) is 0 Å². The topological polar surface area (TPSA) is 101 Å². The maximum Gasteiger partial charge on any atom is 0.262 e. The molecular formula is C15H15N5O2S. The van der Waals surface area contributed by atoms with E-state index in [-0.39, 0.29) is 4.90 Å². The summed E-state index contributed by atoms with van der Waals surface area (Å²) in [5.74, 6) is 0.453. The summed E-state index contributed by atoms with van der Waals surface area (Å²) in [6.45, 7) is 3.70. The molecule has 3 rings (SSSR count). The first kappa shape index (κ1) is 15.2. The highest BCUT2D eigenvalue weighted by Crippen LogP contribution is 2.22. The number of aromatic nitrogens is 4. The highest BCUT2D eigenvalue weighted by Gasteiger charge is 2.17. The van der Waals surface area contributed by atoms with E-state index in [0.29, 0.717) is 17.1 Å². The molecule has 0 amide bonds. The van der Waals surface area contributed by atoms with Crippen LogP contribution < -0.4 is 4.72 Å². The molecule has 1 heterocycles. The fraction of sp³-hybridized carbons (Fsp3) is 0.133. The van der Waals surface area contributed by atoms with E-state index in [2.05, 4.69) is 25.3 Å². The summed E-state index contributed by atoms with van der Waals surface area (Å²) in [4.78, 5) is 0.269. The van der Waals surface area contributed by atoms with Crippen LogP contribution in [0.25, 0.3) is 11.4 Å². The molecule has 0 radical (unpaired) electrons. The van der Waals surface area contributed by atoms with Crippen molar-refractivity contribution in [2.24, 2.45) is 0 Å². The van der Waals surface area contributed by atoms with Gasteiger partial charge in [0.05, 0.1) is 4.90 Å². The minimum atomic E-state index is -3.63. The van der Waals surface area contributed by atoms with Gasteiger partial charge in [-0.15, -0.1) is 10.2 Å². The number of hydrogen-bond donors (Lipinski definition) is 2. The fourth-order valence-corrected chi connectivity index (χ4v) is 3.57. The van der Waals surface area contributed by atoms with Gasteiger partial charge in [-0.2, -0.15) is 5.21 Å². The van der Waals surface area contributed by atoms with E-state index in [4.69, 9.17) is 0 Å². The molecule has 0 aliphatic rings. The minimum absolute atomic E-state index is 0.269. The standard InChI is InChI=1S/C15H15N5O2S/c1-10-3-8-14(11(2)9-10)23(21,22)18-13-6-4-12(5-7-13)15-16-19-20-17-15/h3-9,18H,1-2H3,(H,16,17,19,20). The number of aromatic amines is 1. The van der Waals surface area contributed by atoms with Gasteiger partial charge in [-0.3, -0.25) is 4.72 Å². The van der Waals surface area contributed by atoms with Gasteiger partial charge in [-0.05, 0) is 55.0 Å². The normalized spacial score (nSPS) is 11.4. The lowest BCUT2D eigenvalue weighted by molar-refractivity contribution is 0.600. The van der Waals surface area contributed by atoms with Gasteiger partial charge in [0, 0.05) is 11.3 Å². The number of nitrogens with zero attached hydrogens (tertiary/aromatic N) is 3. The third-order valence-corrected chi connectivity index (χ3v) is 4.90. The average Bonchev–Trinajstić information content (AvgIpc) is 3.01. The van der Waals surface area contributed by atoms with E-state index in [9.17, 15) is 8.42 Å². The van der Waals surface area contributed by atoms with Crippen LogP contribution in [0.3, 0.4) is 0 Å². The first-order chi connectivity index (χ1) is 11.0. The Kier molecular flexibility index (Phi) is 3.83. The number of aryl methyl sites for hydroxylation is 2. The van der Waals surface area contributed by atoms with Crippen molar-refractivity contribution in [1.82, 2.24) is 20.6 Å². The summed E-state index contributed by atoms with van der Waals surface area (Å²) in [5, 5.41) is 13.6. The predicted molar refractivity (Wildman–Crippen MR) is 86.3 cm³/mol. The van der Waals surface area contributed by atoms with Crippen LogP contribution in [0.4, 0.5) is 5.69 Å². The zero-order valence-electron chi connectivity index (χ0n) is 12.6. The highest BCUT2D eigenvalue weighted by molar-refractivity contribution is 7.92. The fourth-order valence-electron chi connectivity index (χ4n) is 2.28. The molecule has 0 aliphatic heterocycles. The van der Waals surface area contributed by atoms with Crippen LogP contribution in [-0.2, 0) is 10.0 Å². The third-order valence-electron chi connectivity index (χ3n) is 3.36. The van der Waals surface area contributed by atoms with Crippen LogP contribution in [0.15, 0.2) is 47.4 Å². The SMILES string of the molecule is Cc1ccc(S(=O)(=O)Nc2ccc(-c3nn[nH]n3)cc2)c(C)c1. The highest BCUT2D eigenvalue weighted by atomic mass is 32.2. The Morgan fingerprint density at radius 1 is 1.04 bits per heavy atom. The number of nitrogens with one attached hydrogen (secondary N) is 2.